The number of rotatable bonds is 15. The van der Waals surface area contributed by atoms with Gasteiger partial charge in [-0.2, -0.15) is 0 Å². The van der Waals surface area contributed by atoms with Crippen molar-refractivity contribution in [3.05, 3.63) is 89.1 Å². The van der Waals surface area contributed by atoms with Gasteiger partial charge in [0.1, 0.15) is 11.5 Å². The number of nitrogens with one attached hydrogen (secondary N) is 3. The minimum Gasteiger partial charge on any atom is -0.496 e. The van der Waals surface area contributed by atoms with E-state index >= 15 is 0 Å². The van der Waals surface area contributed by atoms with E-state index in [0.29, 0.717) is 60.7 Å². The normalized spacial score (nSPS) is 14.4. The second-order valence-corrected chi connectivity index (χ2v) is 13.9. The molecule has 1 fully saturated rings. The molecule has 0 unspecified atom stereocenters. The van der Waals surface area contributed by atoms with Gasteiger partial charge in [0.2, 0.25) is 17.7 Å². The third kappa shape index (κ3) is 7.57. The van der Waals surface area contributed by atoms with Crippen molar-refractivity contribution in [1.29, 1.82) is 0 Å². The van der Waals surface area contributed by atoms with Crippen LogP contribution in [-0.4, -0.2) is 61.8 Å². The standard InChI is InChI=1S/C40H45ClN6O5/c1-40(2,39(42)49)23-44-22-31-34(50-3)18-26(19-35(31)51-4)47-17-16-28-27(8-7-11-33(28)47)29-9-6-10-30(37(29)41)32-14-12-24(38(46-32)52-5)20-43-21-25-13-15-36(48)45-25/h6-12,14,16-19,25,43-44H,13,15,20-23H2,1-5H3,(H2,42,49)(H,45,48)/t25-/m0/s1. The van der Waals surface area contributed by atoms with Gasteiger partial charge in [-0.1, -0.05) is 48.0 Å². The minimum absolute atomic E-state index is 0.101. The molecule has 1 atom stereocenters. The largest absolute Gasteiger partial charge is 0.496 e. The molecule has 5 N–H and O–H groups in total. The summed E-state index contributed by atoms with van der Waals surface area (Å²) >= 11 is 7.19. The predicted molar refractivity (Wildman–Crippen MR) is 204 cm³/mol. The SMILES string of the molecule is COc1cc(-n2ccc3c(-c4cccc(-c5ccc(CNC[C@@H]6CCC(=O)N6)c(OC)n5)c4Cl)cccc32)cc(OC)c1CNCC(C)(C)C(N)=O. The van der Waals surface area contributed by atoms with Crippen molar-refractivity contribution in [1.82, 2.24) is 25.5 Å². The van der Waals surface area contributed by atoms with Crippen LogP contribution in [0.4, 0.5) is 0 Å². The molecule has 1 saturated heterocycles. The van der Waals surface area contributed by atoms with Crippen LogP contribution in [0.3, 0.4) is 0 Å². The number of hydrogen-bond acceptors (Lipinski definition) is 8. The summed E-state index contributed by atoms with van der Waals surface area (Å²) in [6, 6.07) is 22.2. The Morgan fingerprint density at radius 1 is 0.962 bits per heavy atom. The molecule has 3 heterocycles. The molecule has 6 rings (SSSR count). The maximum absolute atomic E-state index is 11.8. The van der Waals surface area contributed by atoms with Gasteiger partial charge in [0.15, 0.2) is 0 Å². The highest BCUT2D eigenvalue weighted by molar-refractivity contribution is 6.36. The number of ether oxygens (including phenoxy) is 3. The van der Waals surface area contributed by atoms with Crippen molar-refractivity contribution in [2.45, 2.75) is 45.8 Å². The van der Waals surface area contributed by atoms with Gasteiger partial charge in [0, 0.05) is 79.0 Å². The molecular formula is C40H45ClN6O5. The lowest BCUT2D eigenvalue weighted by atomic mass is 9.92. The number of carbonyl (C=O) groups excluding carboxylic acids is 2. The van der Waals surface area contributed by atoms with Crippen LogP contribution >= 0.6 is 11.6 Å². The summed E-state index contributed by atoms with van der Waals surface area (Å²) in [4.78, 5) is 28.2. The summed E-state index contributed by atoms with van der Waals surface area (Å²) < 4.78 is 19.4. The number of amides is 2. The molecule has 5 aromatic rings. The van der Waals surface area contributed by atoms with E-state index in [1.165, 1.54) is 0 Å². The van der Waals surface area contributed by atoms with Crippen LogP contribution in [0.15, 0.2) is 72.9 Å². The Labute approximate surface area is 308 Å². The van der Waals surface area contributed by atoms with Crippen LogP contribution in [0.25, 0.3) is 39.0 Å². The third-order valence-electron chi connectivity index (χ3n) is 9.63. The fourth-order valence-electron chi connectivity index (χ4n) is 6.58. The van der Waals surface area contributed by atoms with Crippen molar-refractivity contribution in [3.8, 4) is 45.5 Å². The highest BCUT2D eigenvalue weighted by Crippen LogP contribution is 2.41. The van der Waals surface area contributed by atoms with E-state index in [9.17, 15) is 9.59 Å². The number of carbonyl (C=O) groups is 2. The smallest absolute Gasteiger partial charge is 0.224 e. The highest BCUT2D eigenvalue weighted by atomic mass is 35.5. The topological polar surface area (TPSA) is 142 Å². The van der Waals surface area contributed by atoms with Gasteiger partial charge in [-0.15, -0.1) is 0 Å². The van der Waals surface area contributed by atoms with Gasteiger partial charge in [0.05, 0.1) is 54.2 Å². The van der Waals surface area contributed by atoms with Crippen molar-refractivity contribution >= 4 is 34.3 Å². The second-order valence-electron chi connectivity index (χ2n) is 13.6. The fourth-order valence-corrected chi connectivity index (χ4v) is 6.90. The number of methoxy groups -OCH3 is 3. The maximum Gasteiger partial charge on any atom is 0.224 e. The second kappa shape index (κ2) is 15.6. The van der Waals surface area contributed by atoms with Gasteiger partial charge in [-0.25, -0.2) is 4.98 Å². The summed E-state index contributed by atoms with van der Waals surface area (Å²) in [5, 5.41) is 11.3. The van der Waals surface area contributed by atoms with Crippen LogP contribution in [0.2, 0.25) is 5.02 Å². The van der Waals surface area contributed by atoms with E-state index in [2.05, 4.69) is 38.7 Å². The number of primary amides is 1. The van der Waals surface area contributed by atoms with E-state index in [1.54, 1.807) is 21.3 Å². The molecule has 2 amide bonds. The van der Waals surface area contributed by atoms with Gasteiger partial charge >= 0.3 is 0 Å². The summed E-state index contributed by atoms with van der Waals surface area (Å²) in [6.07, 6.45) is 3.43. The van der Waals surface area contributed by atoms with Crippen molar-refractivity contribution in [2.24, 2.45) is 11.1 Å². The number of benzene rings is 3. The Balaban J connectivity index is 1.28. The summed E-state index contributed by atoms with van der Waals surface area (Å²) in [6.45, 7) is 5.68. The zero-order valence-electron chi connectivity index (χ0n) is 30.1. The zero-order chi connectivity index (χ0) is 37.0. The quantitative estimate of drug-likeness (QED) is 0.103. The molecule has 2 aromatic heterocycles. The summed E-state index contributed by atoms with van der Waals surface area (Å²) in [7, 11) is 4.87. The third-order valence-corrected chi connectivity index (χ3v) is 10.0. The van der Waals surface area contributed by atoms with E-state index in [1.807, 2.05) is 68.6 Å². The number of hydrogen-bond donors (Lipinski definition) is 4. The molecule has 52 heavy (non-hydrogen) atoms. The number of nitrogens with two attached hydrogens (primary N) is 1. The Hall–Kier alpha value is -5.10. The Kier molecular flexibility index (Phi) is 11.0. The molecular weight excluding hydrogens is 680 g/mol. The number of aromatic nitrogens is 2. The number of halogens is 1. The van der Waals surface area contributed by atoms with Crippen molar-refractivity contribution in [2.75, 3.05) is 34.4 Å². The molecule has 0 bridgehead atoms. The van der Waals surface area contributed by atoms with E-state index in [4.69, 9.17) is 36.5 Å². The van der Waals surface area contributed by atoms with Crippen LogP contribution in [0.1, 0.15) is 37.8 Å². The first-order valence-electron chi connectivity index (χ1n) is 17.2. The average molecular weight is 725 g/mol. The van der Waals surface area contributed by atoms with Crippen LogP contribution in [0, 0.1) is 5.41 Å². The minimum atomic E-state index is -0.701. The van der Waals surface area contributed by atoms with Gasteiger partial charge in [-0.05, 0) is 44.0 Å². The molecule has 0 aliphatic carbocycles. The molecule has 1 aliphatic heterocycles. The van der Waals surface area contributed by atoms with Crippen LogP contribution < -0.4 is 35.9 Å². The molecule has 0 spiro atoms. The van der Waals surface area contributed by atoms with Crippen LogP contribution in [0.5, 0.6) is 17.4 Å². The number of nitrogens with zero attached hydrogens (tertiary/aromatic N) is 2. The van der Waals surface area contributed by atoms with Crippen molar-refractivity contribution in [3.63, 3.8) is 0 Å². The molecule has 12 heteroatoms. The monoisotopic (exact) mass is 724 g/mol. The highest BCUT2D eigenvalue weighted by Gasteiger charge is 2.25. The Morgan fingerprint density at radius 3 is 2.35 bits per heavy atom. The first kappa shape index (κ1) is 36.7. The number of fused-ring (bicyclic) bond motifs is 1. The van der Waals surface area contributed by atoms with Gasteiger partial charge in [-0.3, -0.25) is 9.59 Å². The first-order chi connectivity index (χ1) is 25.0. The zero-order valence-corrected chi connectivity index (χ0v) is 30.9. The Bertz CT molecular complexity index is 2090. The molecule has 11 nitrogen and oxygen atoms in total. The lowest BCUT2D eigenvalue weighted by molar-refractivity contribution is -0.125. The Morgan fingerprint density at radius 2 is 1.67 bits per heavy atom. The van der Waals surface area contributed by atoms with Gasteiger partial charge < -0.3 is 40.5 Å². The first-order valence-corrected chi connectivity index (χ1v) is 17.6. The summed E-state index contributed by atoms with van der Waals surface area (Å²) in [5.74, 6) is 1.55. The van der Waals surface area contributed by atoms with E-state index < -0.39 is 5.41 Å². The molecule has 0 saturated carbocycles. The van der Waals surface area contributed by atoms with Crippen molar-refractivity contribution < 1.29 is 23.8 Å². The maximum atomic E-state index is 11.8. The lowest BCUT2D eigenvalue weighted by Gasteiger charge is -2.22. The van der Waals surface area contributed by atoms with Gasteiger partial charge in [0.25, 0.3) is 0 Å². The summed E-state index contributed by atoms with van der Waals surface area (Å²) in [5.41, 5.74) is 11.8. The predicted octanol–water partition coefficient (Wildman–Crippen LogP) is 6.01. The molecule has 0 radical (unpaired) electrons. The van der Waals surface area contributed by atoms with Crippen LogP contribution in [-0.2, 0) is 22.7 Å². The lowest BCUT2D eigenvalue weighted by Crippen LogP contribution is -2.40. The molecule has 1 aliphatic rings. The van der Waals surface area contributed by atoms with E-state index in [0.717, 1.165) is 50.8 Å². The molecule has 272 valence electrons. The fraction of sp³-hybridized carbons (Fsp3) is 0.325. The molecule has 3 aromatic carbocycles. The number of pyridine rings is 1. The van der Waals surface area contributed by atoms with E-state index in [-0.39, 0.29) is 17.9 Å². The average Bonchev–Trinajstić information content (AvgIpc) is 3.77.